The lowest BCUT2D eigenvalue weighted by atomic mass is 10.1. The van der Waals surface area contributed by atoms with Gasteiger partial charge in [0.2, 0.25) is 5.95 Å². The third kappa shape index (κ3) is 4.38. The monoisotopic (exact) mass is 447 g/mol. The van der Waals surface area contributed by atoms with E-state index in [0.29, 0.717) is 22.5 Å². The largest absolute Gasteiger partial charge is 0.464 e. The zero-order valence-corrected chi connectivity index (χ0v) is 18.6. The second-order valence-electron chi connectivity index (χ2n) is 7.60. The van der Waals surface area contributed by atoms with E-state index < -0.39 is 11.5 Å². The highest BCUT2D eigenvalue weighted by Crippen LogP contribution is 2.22. The van der Waals surface area contributed by atoms with Crippen molar-refractivity contribution >= 4 is 28.7 Å². The molecule has 9 heteroatoms. The van der Waals surface area contributed by atoms with Gasteiger partial charge in [-0.25, -0.2) is 9.78 Å². The van der Waals surface area contributed by atoms with Crippen molar-refractivity contribution in [2.75, 3.05) is 38.2 Å². The number of methoxy groups -OCH3 is 1. The van der Waals surface area contributed by atoms with E-state index in [0.717, 1.165) is 26.2 Å². The number of esters is 1. The Labute approximate surface area is 191 Å². The average Bonchev–Trinajstić information content (AvgIpc) is 3.23. The van der Waals surface area contributed by atoms with Gasteiger partial charge in [-0.05, 0) is 13.0 Å². The summed E-state index contributed by atoms with van der Waals surface area (Å²) in [7, 11) is 1.24. The summed E-state index contributed by atoms with van der Waals surface area (Å²) in [5, 5.41) is 3.30. The quantitative estimate of drug-likeness (QED) is 0.346. The van der Waals surface area contributed by atoms with E-state index in [4.69, 9.17) is 9.72 Å². The van der Waals surface area contributed by atoms with E-state index in [9.17, 15) is 14.4 Å². The summed E-state index contributed by atoms with van der Waals surface area (Å²) >= 11 is 0. The Kier molecular flexibility index (Phi) is 6.56. The van der Waals surface area contributed by atoms with E-state index >= 15 is 0 Å². The summed E-state index contributed by atoms with van der Waals surface area (Å²) in [4.78, 5) is 45.9. The van der Waals surface area contributed by atoms with Crippen LogP contribution in [0, 0.1) is 11.8 Å². The Morgan fingerprint density at radius 3 is 2.55 bits per heavy atom. The number of aromatic nitrogens is 3. The minimum atomic E-state index is -0.707. The first kappa shape index (κ1) is 22.3. The molecule has 0 radical (unpaired) electrons. The van der Waals surface area contributed by atoms with E-state index in [1.165, 1.54) is 17.7 Å². The van der Waals surface area contributed by atoms with Gasteiger partial charge in [-0.3, -0.25) is 18.7 Å². The number of Topliss-reactive ketones (excluding diaryl/α,β-unsaturated/α-hetero) is 1. The van der Waals surface area contributed by atoms with Crippen molar-refractivity contribution in [1.82, 2.24) is 19.4 Å². The molecule has 3 heterocycles. The smallest absolute Gasteiger partial charge is 0.354 e. The van der Waals surface area contributed by atoms with Crippen molar-refractivity contribution in [3.8, 4) is 11.8 Å². The summed E-state index contributed by atoms with van der Waals surface area (Å²) in [6.45, 7) is 4.76. The van der Waals surface area contributed by atoms with Crippen LogP contribution < -0.4 is 15.8 Å². The second-order valence-corrected chi connectivity index (χ2v) is 7.60. The van der Waals surface area contributed by atoms with Crippen LogP contribution in [0.4, 0.5) is 5.95 Å². The number of benzene rings is 1. The number of hydrogen-bond acceptors (Lipinski definition) is 7. The number of fused-ring (bicyclic) bond motifs is 1. The first-order valence-electron chi connectivity index (χ1n) is 10.7. The molecule has 170 valence electrons. The fourth-order valence-electron chi connectivity index (χ4n) is 3.93. The summed E-state index contributed by atoms with van der Waals surface area (Å²) < 4.78 is 7.84. The molecular weight excluding hydrogens is 422 g/mol. The van der Waals surface area contributed by atoms with Gasteiger partial charge in [0.25, 0.3) is 5.56 Å². The molecule has 0 spiro atoms. The number of ether oxygens (including phenoxy) is 1. The zero-order valence-electron chi connectivity index (χ0n) is 18.6. The van der Waals surface area contributed by atoms with Crippen LogP contribution in [0.15, 0.2) is 41.2 Å². The van der Waals surface area contributed by atoms with Crippen LogP contribution in [0.1, 0.15) is 27.8 Å². The number of carbonyl (C=O) groups excluding carboxylic acids is 2. The molecule has 1 aromatic carbocycles. The number of anilines is 1. The zero-order chi connectivity index (χ0) is 23.4. The molecule has 2 aromatic heterocycles. The van der Waals surface area contributed by atoms with Crippen LogP contribution in [0.2, 0.25) is 0 Å². The number of nitrogens with zero attached hydrogens (tertiary/aromatic N) is 4. The molecule has 0 saturated carbocycles. The van der Waals surface area contributed by atoms with Crippen LogP contribution >= 0.6 is 0 Å². The minimum Gasteiger partial charge on any atom is -0.464 e. The summed E-state index contributed by atoms with van der Waals surface area (Å²) in [6, 6.07) is 10.2. The Bertz CT molecular complexity index is 1310. The highest BCUT2D eigenvalue weighted by Gasteiger charge is 2.25. The number of pyridine rings is 1. The molecule has 0 atom stereocenters. The SMILES string of the molecule is CC#CCn1c(N2CCNCC2)nc2cc(C(=O)OC)n(CC(=O)c3ccccc3)c(=O)c21. The number of imidazole rings is 1. The van der Waals surface area contributed by atoms with Crippen molar-refractivity contribution < 1.29 is 14.3 Å². The molecule has 9 nitrogen and oxygen atoms in total. The van der Waals surface area contributed by atoms with Crippen LogP contribution in [-0.2, 0) is 17.8 Å². The van der Waals surface area contributed by atoms with E-state index in [-0.39, 0.29) is 24.6 Å². The van der Waals surface area contributed by atoms with Crippen molar-refractivity contribution in [3.05, 3.63) is 58.0 Å². The maximum Gasteiger partial charge on any atom is 0.354 e. The van der Waals surface area contributed by atoms with Crippen molar-refractivity contribution in [3.63, 3.8) is 0 Å². The van der Waals surface area contributed by atoms with Gasteiger partial charge in [-0.2, -0.15) is 0 Å². The Balaban J connectivity index is 1.91. The van der Waals surface area contributed by atoms with Gasteiger partial charge in [0.1, 0.15) is 11.2 Å². The molecule has 1 N–H and O–H groups in total. The van der Waals surface area contributed by atoms with Crippen molar-refractivity contribution in [2.45, 2.75) is 20.0 Å². The molecule has 33 heavy (non-hydrogen) atoms. The minimum absolute atomic E-state index is 0.0163. The molecule has 0 bridgehead atoms. The summed E-state index contributed by atoms with van der Waals surface area (Å²) in [6.07, 6.45) is 0. The molecule has 3 aromatic rings. The highest BCUT2D eigenvalue weighted by atomic mass is 16.5. The lowest BCUT2D eigenvalue weighted by Crippen LogP contribution is -2.44. The van der Waals surface area contributed by atoms with Gasteiger partial charge in [-0.15, -0.1) is 5.92 Å². The molecular formula is C24H25N5O4. The predicted octanol–water partition coefficient (Wildman–Crippen LogP) is 1.30. The highest BCUT2D eigenvalue weighted by molar-refractivity contribution is 5.97. The number of rotatable bonds is 6. The second kappa shape index (κ2) is 9.71. The molecule has 1 aliphatic rings. The summed E-state index contributed by atoms with van der Waals surface area (Å²) in [5.74, 6) is 5.49. The fraction of sp³-hybridized carbons (Fsp3) is 0.333. The third-order valence-electron chi connectivity index (χ3n) is 5.59. The van der Waals surface area contributed by atoms with Crippen molar-refractivity contribution in [2.24, 2.45) is 0 Å². The molecule has 4 rings (SSSR count). The molecule has 1 fully saturated rings. The third-order valence-corrected chi connectivity index (χ3v) is 5.59. The van der Waals surface area contributed by atoms with Crippen LogP contribution in [-0.4, -0.2) is 59.2 Å². The maximum atomic E-state index is 13.7. The molecule has 0 aliphatic carbocycles. The van der Waals surface area contributed by atoms with Crippen molar-refractivity contribution in [1.29, 1.82) is 0 Å². The van der Waals surface area contributed by atoms with Crippen LogP contribution in [0.25, 0.3) is 11.0 Å². The lowest BCUT2D eigenvalue weighted by molar-refractivity contribution is 0.0587. The Morgan fingerprint density at radius 2 is 1.88 bits per heavy atom. The van der Waals surface area contributed by atoms with E-state index in [1.807, 2.05) is 0 Å². The molecule has 0 unspecified atom stereocenters. The molecule has 0 amide bonds. The topological polar surface area (TPSA) is 98.5 Å². The van der Waals surface area contributed by atoms with Gasteiger partial charge < -0.3 is 15.0 Å². The first-order chi connectivity index (χ1) is 16.0. The lowest BCUT2D eigenvalue weighted by Gasteiger charge is -2.28. The van der Waals surface area contributed by atoms with Gasteiger partial charge in [0.05, 0.1) is 25.7 Å². The molecule has 1 saturated heterocycles. The standard InChI is InChI=1S/C24H25N5O4/c1-3-4-12-28-21-18(26-24(28)27-13-10-25-11-14-27)15-19(23(32)33-2)29(22(21)31)16-20(30)17-8-6-5-7-9-17/h5-9,15,25H,10-14,16H2,1-2H3. The van der Waals surface area contributed by atoms with Gasteiger partial charge in [0.15, 0.2) is 5.78 Å². The number of carbonyl (C=O) groups is 2. The van der Waals surface area contributed by atoms with E-state index in [2.05, 4.69) is 22.1 Å². The number of ketones is 1. The van der Waals surface area contributed by atoms with Crippen LogP contribution in [0.5, 0.6) is 0 Å². The summed E-state index contributed by atoms with van der Waals surface area (Å²) in [5.41, 5.74) is 0.628. The van der Waals surface area contributed by atoms with Gasteiger partial charge in [0, 0.05) is 31.7 Å². The number of piperazine rings is 1. The Morgan fingerprint density at radius 1 is 1.15 bits per heavy atom. The van der Waals surface area contributed by atoms with Gasteiger partial charge >= 0.3 is 5.97 Å². The Hall–Kier alpha value is -3.90. The van der Waals surface area contributed by atoms with Crippen LogP contribution in [0.3, 0.4) is 0 Å². The number of hydrogen-bond donors (Lipinski definition) is 1. The first-order valence-corrected chi connectivity index (χ1v) is 10.7. The molecule has 1 aliphatic heterocycles. The maximum absolute atomic E-state index is 13.7. The number of nitrogens with one attached hydrogen (secondary N) is 1. The normalized spacial score (nSPS) is 13.5. The van der Waals surface area contributed by atoms with E-state index in [1.54, 1.807) is 41.8 Å². The fourth-order valence-corrected chi connectivity index (χ4v) is 3.93. The predicted molar refractivity (Wildman–Crippen MR) is 125 cm³/mol. The average molecular weight is 447 g/mol. The van der Waals surface area contributed by atoms with Gasteiger partial charge in [-0.1, -0.05) is 36.3 Å².